The second-order valence-corrected chi connectivity index (χ2v) is 12.8. The summed E-state index contributed by atoms with van der Waals surface area (Å²) in [6.07, 6.45) is 1.00. The molecule has 8 nitrogen and oxygen atoms in total. The van der Waals surface area contributed by atoms with Gasteiger partial charge in [0.05, 0.1) is 11.3 Å². The van der Waals surface area contributed by atoms with Crippen molar-refractivity contribution in [2.45, 2.75) is 37.8 Å². The Labute approximate surface area is 221 Å². The third-order valence-electron chi connectivity index (χ3n) is 6.59. The Morgan fingerprint density at radius 3 is 2.50 bits per heavy atom. The van der Waals surface area contributed by atoms with Crippen molar-refractivity contribution in [1.82, 2.24) is 14.2 Å². The van der Waals surface area contributed by atoms with E-state index in [1.54, 1.807) is 17.5 Å². The van der Waals surface area contributed by atoms with Gasteiger partial charge in [0, 0.05) is 32.1 Å². The number of carbonyl (C=O) groups is 1. The first kappa shape index (κ1) is 27.0. The van der Waals surface area contributed by atoms with Gasteiger partial charge in [-0.1, -0.05) is 37.3 Å². The number of hydrogen-bond donors (Lipinski definition) is 0. The molecule has 3 aromatic rings. The van der Waals surface area contributed by atoms with Gasteiger partial charge in [0.25, 0.3) is 10.0 Å². The average molecular weight is 551 g/mol. The number of carbonyl (C=O) groups excluding carboxylic acids is 1. The number of anilines is 1. The summed E-state index contributed by atoms with van der Waals surface area (Å²) in [7, 11) is -3.50. The molecule has 1 aromatic carbocycles. The van der Waals surface area contributed by atoms with Crippen LogP contribution in [0.1, 0.15) is 33.6 Å². The molecule has 4 rings (SSSR count). The molecule has 1 aliphatic rings. The lowest BCUT2D eigenvalue weighted by atomic mass is 9.96. The summed E-state index contributed by atoms with van der Waals surface area (Å²) >= 11 is 2.72. The Hall–Kier alpha value is -2.05. The number of thiophene rings is 1. The number of ether oxygens (including phenoxy) is 1. The van der Waals surface area contributed by atoms with Crippen LogP contribution in [-0.2, 0) is 14.8 Å². The molecule has 11 heteroatoms. The highest BCUT2D eigenvalue weighted by Crippen LogP contribution is 2.36. The van der Waals surface area contributed by atoms with Gasteiger partial charge in [0.2, 0.25) is 5.91 Å². The van der Waals surface area contributed by atoms with E-state index in [0.29, 0.717) is 48.4 Å². The zero-order valence-corrected chi connectivity index (χ0v) is 23.5. The normalized spacial score (nSPS) is 15.6. The summed E-state index contributed by atoms with van der Waals surface area (Å²) in [5.41, 5.74) is 0.775. The first-order valence-electron chi connectivity index (χ1n) is 12.5. The van der Waals surface area contributed by atoms with Gasteiger partial charge in [-0.25, -0.2) is 13.4 Å². The lowest BCUT2D eigenvalue weighted by Crippen LogP contribution is -2.46. The summed E-state index contributed by atoms with van der Waals surface area (Å²) in [6, 6.07) is 9.23. The number of para-hydroxylation sites is 1. The summed E-state index contributed by atoms with van der Waals surface area (Å²) in [5, 5.41) is 2.44. The fourth-order valence-corrected chi connectivity index (χ4v) is 8.11. The molecule has 0 N–H and O–H groups in total. The van der Waals surface area contributed by atoms with Gasteiger partial charge in [0.15, 0.2) is 5.13 Å². The van der Waals surface area contributed by atoms with Crippen LogP contribution in [0, 0.1) is 5.92 Å². The largest absolute Gasteiger partial charge is 0.492 e. The Morgan fingerprint density at radius 2 is 1.86 bits per heavy atom. The second kappa shape index (κ2) is 12.0. The smallest absolute Gasteiger partial charge is 0.252 e. The van der Waals surface area contributed by atoms with Crippen LogP contribution in [0.5, 0.6) is 5.75 Å². The van der Waals surface area contributed by atoms with Gasteiger partial charge in [-0.05, 0) is 56.4 Å². The van der Waals surface area contributed by atoms with E-state index >= 15 is 0 Å². The van der Waals surface area contributed by atoms with E-state index in [-0.39, 0.29) is 11.8 Å². The number of amides is 1. The summed E-state index contributed by atoms with van der Waals surface area (Å²) < 4.78 is 34.5. The molecular weight excluding hydrogens is 517 g/mol. The van der Waals surface area contributed by atoms with Gasteiger partial charge in [-0.3, -0.25) is 9.69 Å². The molecule has 0 aliphatic carbocycles. The molecule has 1 fully saturated rings. The number of piperidine rings is 1. The predicted octanol–water partition coefficient (Wildman–Crippen LogP) is 4.53. The molecule has 0 unspecified atom stereocenters. The number of thiazole rings is 1. The predicted molar refractivity (Wildman–Crippen MR) is 147 cm³/mol. The fraction of sp³-hybridized carbons (Fsp3) is 0.520. The maximum absolute atomic E-state index is 13.8. The molecule has 0 radical (unpaired) electrons. The van der Waals surface area contributed by atoms with Gasteiger partial charge in [-0.2, -0.15) is 4.31 Å². The third-order valence-corrected chi connectivity index (χ3v) is 10.9. The van der Waals surface area contributed by atoms with Crippen molar-refractivity contribution in [1.29, 1.82) is 0 Å². The van der Waals surface area contributed by atoms with Crippen molar-refractivity contribution in [2.75, 3.05) is 50.8 Å². The highest BCUT2D eigenvalue weighted by Gasteiger charge is 2.35. The minimum Gasteiger partial charge on any atom is -0.492 e. The molecule has 0 atom stereocenters. The van der Waals surface area contributed by atoms with Crippen LogP contribution in [0.2, 0.25) is 0 Å². The summed E-state index contributed by atoms with van der Waals surface area (Å²) in [4.78, 5) is 22.8. The van der Waals surface area contributed by atoms with E-state index in [9.17, 15) is 13.2 Å². The zero-order chi connectivity index (χ0) is 25.7. The maximum atomic E-state index is 13.8. The van der Waals surface area contributed by atoms with E-state index in [1.807, 2.05) is 30.0 Å². The van der Waals surface area contributed by atoms with Gasteiger partial charge in [0.1, 0.15) is 15.5 Å². The number of fused-ring (bicyclic) bond motifs is 1. The van der Waals surface area contributed by atoms with E-state index in [1.165, 1.54) is 27.0 Å². The van der Waals surface area contributed by atoms with Crippen molar-refractivity contribution < 1.29 is 17.9 Å². The number of aromatic nitrogens is 1. The number of benzene rings is 1. The van der Waals surface area contributed by atoms with E-state index < -0.39 is 10.0 Å². The third kappa shape index (κ3) is 5.75. The Kier molecular flexibility index (Phi) is 9.00. The number of sulfonamides is 1. The molecule has 1 saturated heterocycles. The van der Waals surface area contributed by atoms with Gasteiger partial charge < -0.3 is 9.64 Å². The van der Waals surface area contributed by atoms with Crippen LogP contribution in [0.4, 0.5) is 5.13 Å². The second-order valence-electron chi connectivity index (χ2n) is 8.66. The average Bonchev–Trinajstić information content (AvgIpc) is 3.58. The lowest BCUT2D eigenvalue weighted by molar-refractivity contribution is -0.123. The van der Waals surface area contributed by atoms with Crippen LogP contribution in [0.25, 0.3) is 10.2 Å². The van der Waals surface area contributed by atoms with Crippen LogP contribution in [0.15, 0.2) is 39.9 Å². The Balaban J connectivity index is 1.55. The van der Waals surface area contributed by atoms with Crippen molar-refractivity contribution in [3.05, 3.63) is 35.7 Å². The Morgan fingerprint density at radius 1 is 1.11 bits per heavy atom. The zero-order valence-electron chi connectivity index (χ0n) is 21.1. The summed E-state index contributed by atoms with van der Waals surface area (Å²) in [5.74, 6) is 0.503. The summed E-state index contributed by atoms with van der Waals surface area (Å²) in [6.45, 7) is 10.5. The molecule has 196 valence electrons. The first-order valence-corrected chi connectivity index (χ1v) is 15.6. The van der Waals surface area contributed by atoms with Crippen LogP contribution in [0.3, 0.4) is 0 Å². The highest BCUT2D eigenvalue weighted by molar-refractivity contribution is 7.91. The minimum absolute atomic E-state index is 0.0207. The SMILES string of the molecule is CCOc1cccc2sc(N(CCN(CC)CC)C(=O)C3CCN(S(=O)(=O)c4cccs4)CC3)nc12. The minimum atomic E-state index is -3.50. The van der Waals surface area contributed by atoms with E-state index in [0.717, 1.165) is 35.6 Å². The van der Waals surface area contributed by atoms with Crippen molar-refractivity contribution in [2.24, 2.45) is 5.92 Å². The lowest BCUT2D eigenvalue weighted by Gasteiger charge is -2.33. The molecule has 36 heavy (non-hydrogen) atoms. The maximum Gasteiger partial charge on any atom is 0.252 e. The topological polar surface area (TPSA) is 83.0 Å². The van der Waals surface area contributed by atoms with Crippen LogP contribution >= 0.6 is 22.7 Å². The number of hydrogen-bond acceptors (Lipinski definition) is 8. The van der Waals surface area contributed by atoms with Gasteiger partial charge >= 0.3 is 0 Å². The molecule has 1 aliphatic heterocycles. The molecule has 0 bridgehead atoms. The van der Waals surface area contributed by atoms with E-state index in [4.69, 9.17) is 9.72 Å². The molecular formula is C25H34N4O4S3. The molecule has 0 spiro atoms. The van der Waals surface area contributed by atoms with Crippen LogP contribution < -0.4 is 9.64 Å². The van der Waals surface area contributed by atoms with Gasteiger partial charge in [-0.15, -0.1) is 11.3 Å². The molecule has 3 heterocycles. The van der Waals surface area contributed by atoms with E-state index in [2.05, 4.69) is 18.7 Å². The van der Waals surface area contributed by atoms with Crippen LogP contribution in [-0.4, -0.2) is 74.4 Å². The van der Waals surface area contributed by atoms with Crippen molar-refractivity contribution >= 4 is 54.0 Å². The molecule has 1 amide bonds. The van der Waals surface area contributed by atoms with Crippen molar-refractivity contribution in [3.8, 4) is 5.75 Å². The number of likely N-dealkylation sites (N-methyl/N-ethyl adjacent to an activating group) is 1. The fourth-order valence-electron chi connectivity index (χ4n) is 4.48. The monoisotopic (exact) mass is 550 g/mol. The Bertz CT molecular complexity index is 1250. The van der Waals surface area contributed by atoms with Crippen molar-refractivity contribution in [3.63, 3.8) is 0 Å². The molecule has 0 saturated carbocycles. The highest BCUT2D eigenvalue weighted by atomic mass is 32.2. The number of rotatable bonds is 11. The standard InChI is InChI=1S/C25H34N4O4S3/c1-4-27(5-2)16-17-29(25-26-23-20(33-6-3)9-7-10-21(23)35-25)24(30)19-12-14-28(15-13-19)36(31,32)22-11-8-18-34-22/h7-11,18-19H,4-6,12-17H2,1-3H3. The molecule has 2 aromatic heterocycles. The quantitative estimate of drug-likeness (QED) is 0.349. The number of nitrogens with zero attached hydrogens (tertiary/aromatic N) is 4. The first-order chi connectivity index (χ1) is 17.4.